The molecule has 9 nitrogen and oxygen atoms in total. The molecular weight excluding hydrogens is 737 g/mol. The molecule has 332 valence electrons. The Balaban J connectivity index is 4.26. The summed E-state index contributed by atoms with van der Waals surface area (Å²) in [6.07, 6.45) is 47.3. The predicted octanol–water partition coefficient (Wildman–Crippen LogP) is 13.3. The molecule has 0 rings (SSSR count). The number of nitrogens with zero attached hydrogens (tertiary/aromatic N) is 1. The topological polar surface area (TPSA) is 112 Å². The SMILES string of the molecule is CC/C=C\C/C=C\C/C=C\CCCCCCCC(=O)OC(COC(=O)CCCCCCCCCCC/C=C\CCCCCCCC)COP(=O)(O)OCCN(C)C. The maximum Gasteiger partial charge on any atom is 0.472 e. The smallest absolute Gasteiger partial charge is 0.462 e. The van der Waals surface area contributed by atoms with E-state index in [1.54, 1.807) is 0 Å². The molecule has 0 aromatic rings. The predicted molar refractivity (Wildman–Crippen MR) is 238 cm³/mol. The lowest BCUT2D eigenvalue weighted by Gasteiger charge is -2.20. The minimum atomic E-state index is -4.37. The number of carbonyl (C=O) groups is 2. The van der Waals surface area contributed by atoms with Crippen molar-refractivity contribution in [1.29, 1.82) is 0 Å². The quantitative estimate of drug-likeness (QED) is 0.0278. The van der Waals surface area contributed by atoms with E-state index in [4.69, 9.17) is 18.5 Å². The molecule has 1 N–H and O–H groups in total. The van der Waals surface area contributed by atoms with Crippen LogP contribution in [0.15, 0.2) is 48.6 Å². The summed E-state index contributed by atoms with van der Waals surface area (Å²) in [7, 11) is -0.724. The molecule has 0 saturated carbocycles. The van der Waals surface area contributed by atoms with Crippen molar-refractivity contribution in [1.82, 2.24) is 4.90 Å². The molecule has 0 bridgehead atoms. The van der Waals surface area contributed by atoms with Gasteiger partial charge in [-0.1, -0.05) is 159 Å². The van der Waals surface area contributed by atoms with Crippen LogP contribution in [0.25, 0.3) is 0 Å². The molecule has 0 aliphatic heterocycles. The van der Waals surface area contributed by atoms with E-state index in [0.29, 0.717) is 13.0 Å². The first-order valence-electron chi connectivity index (χ1n) is 22.9. The van der Waals surface area contributed by atoms with E-state index < -0.39 is 26.5 Å². The molecule has 0 aromatic carbocycles. The van der Waals surface area contributed by atoms with Gasteiger partial charge in [0.2, 0.25) is 0 Å². The van der Waals surface area contributed by atoms with E-state index in [1.165, 1.54) is 89.9 Å². The van der Waals surface area contributed by atoms with Gasteiger partial charge in [-0.05, 0) is 84.7 Å². The molecule has 57 heavy (non-hydrogen) atoms. The highest BCUT2D eigenvalue weighted by Gasteiger charge is 2.26. The molecular formula is C47H86NO8P. The van der Waals surface area contributed by atoms with Crippen molar-refractivity contribution < 1.29 is 37.6 Å². The summed E-state index contributed by atoms with van der Waals surface area (Å²) in [6, 6.07) is 0. The van der Waals surface area contributed by atoms with E-state index in [1.807, 2.05) is 19.0 Å². The van der Waals surface area contributed by atoms with E-state index in [2.05, 4.69) is 62.5 Å². The summed E-state index contributed by atoms with van der Waals surface area (Å²) >= 11 is 0. The van der Waals surface area contributed by atoms with Crippen LogP contribution < -0.4 is 0 Å². The van der Waals surface area contributed by atoms with E-state index in [9.17, 15) is 19.0 Å². The van der Waals surface area contributed by atoms with Gasteiger partial charge in [0, 0.05) is 19.4 Å². The third-order valence-electron chi connectivity index (χ3n) is 9.62. The van der Waals surface area contributed by atoms with Gasteiger partial charge in [-0.25, -0.2) is 4.57 Å². The first kappa shape index (κ1) is 55.0. The number of unbranched alkanes of at least 4 members (excludes halogenated alkanes) is 20. The van der Waals surface area contributed by atoms with E-state index in [-0.39, 0.29) is 32.0 Å². The third kappa shape index (κ3) is 43.4. The van der Waals surface area contributed by atoms with Gasteiger partial charge in [0.15, 0.2) is 6.10 Å². The molecule has 0 saturated heterocycles. The molecule has 0 radical (unpaired) electrons. The molecule has 10 heteroatoms. The van der Waals surface area contributed by atoms with Crippen molar-refractivity contribution in [3.8, 4) is 0 Å². The number of hydrogen-bond acceptors (Lipinski definition) is 8. The highest BCUT2D eigenvalue weighted by atomic mass is 31.2. The van der Waals surface area contributed by atoms with Crippen LogP contribution in [0.2, 0.25) is 0 Å². The Morgan fingerprint density at radius 3 is 1.51 bits per heavy atom. The summed E-state index contributed by atoms with van der Waals surface area (Å²) in [5, 5.41) is 0. The fourth-order valence-electron chi connectivity index (χ4n) is 6.11. The Kier molecular flexibility index (Phi) is 40.6. The van der Waals surface area contributed by atoms with Crippen molar-refractivity contribution >= 4 is 19.8 Å². The van der Waals surface area contributed by atoms with Gasteiger partial charge in [0.25, 0.3) is 0 Å². The number of rotatable bonds is 42. The zero-order valence-electron chi connectivity index (χ0n) is 37.0. The number of allylic oxidation sites excluding steroid dienone is 8. The maximum atomic E-state index is 12.7. The molecule has 0 aliphatic rings. The van der Waals surface area contributed by atoms with Crippen LogP contribution in [0.4, 0.5) is 0 Å². The molecule has 2 atom stereocenters. The average Bonchev–Trinajstić information content (AvgIpc) is 3.18. The zero-order valence-corrected chi connectivity index (χ0v) is 37.9. The monoisotopic (exact) mass is 824 g/mol. The molecule has 0 heterocycles. The van der Waals surface area contributed by atoms with Crippen molar-refractivity contribution in [3.63, 3.8) is 0 Å². The van der Waals surface area contributed by atoms with Crippen molar-refractivity contribution in [2.24, 2.45) is 0 Å². The molecule has 0 fully saturated rings. The Morgan fingerprint density at radius 1 is 0.561 bits per heavy atom. The second-order valence-electron chi connectivity index (χ2n) is 15.5. The largest absolute Gasteiger partial charge is 0.472 e. The Bertz CT molecular complexity index is 1090. The highest BCUT2D eigenvalue weighted by molar-refractivity contribution is 7.47. The summed E-state index contributed by atoms with van der Waals surface area (Å²) in [5.41, 5.74) is 0. The van der Waals surface area contributed by atoms with Gasteiger partial charge in [0.1, 0.15) is 6.61 Å². The number of hydrogen-bond donors (Lipinski definition) is 1. The van der Waals surface area contributed by atoms with Crippen molar-refractivity contribution in [3.05, 3.63) is 48.6 Å². The summed E-state index contributed by atoms with van der Waals surface area (Å²) in [6.45, 7) is 4.19. The second-order valence-corrected chi connectivity index (χ2v) is 17.0. The standard InChI is InChI=1S/C47H86NO8P/c1-5-7-9-11-13-15-17-19-21-22-23-24-26-27-29-31-33-35-37-39-46(49)53-43-45(44-55-57(51,52)54-42-41-48(3)4)56-47(50)40-38-36-34-32-30-28-25-20-18-16-14-12-10-8-6-2/h8,10,14,16,19-21,25,45H,5-7,9,11-13,15,17-18,22-24,26-44H2,1-4H3,(H,51,52)/b10-8-,16-14-,21-19-,25-20-. The Labute approximate surface area is 350 Å². The first-order chi connectivity index (χ1) is 27.7. The van der Waals surface area contributed by atoms with Crippen LogP contribution in [-0.4, -0.2) is 68.3 Å². The van der Waals surface area contributed by atoms with Gasteiger partial charge in [0.05, 0.1) is 13.2 Å². The highest BCUT2D eigenvalue weighted by Crippen LogP contribution is 2.43. The van der Waals surface area contributed by atoms with Crippen LogP contribution >= 0.6 is 7.82 Å². The normalized spacial score (nSPS) is 13.8. The summed E-state index contributed by atoms with van der Waals surface area (Å²) < 4.78 is 33.5. The second kappa shape index (κ2) is 42.1. The van der Waals surface area contributed by atoms with Gasteiger partial charge in [-0.2, -0.15) is 0 Å². The number of phosphoric ester groups is 1. The number of likely N-dealkylation sites (N-methyl/N-ethyl adjacent to an activating group) is 1. The minimum absolute atomic E-state index is 0.00229. The van der Waals surface area contributed by atoms with Crippen molar-refractivity contribution in [2.75, 3.05) is 40.5 Å². The van der Waals surface area contributed by atoms with Crippen LogP contribution in [0, 0.1) is 0 Å². The number of esters is 2. The Hall–Kier alpha value is -2.03. The summed E-state index contributed by atoms with van der Waals surface area (Å²) in [5.74, 6) is -0.824. The number of carbonyl (C=O) groups excluding carboxylic acids is 2. The first-order valence-corrected chi connectivity index (χ1v) is 24.4. The molecule has 0 spiro atoms. The van der Waals surface area contributed by atoms with Gasteiger partial charge < -0.3 is 19.3 Å². The van der Waals surface area contributed by atoms with Crippen LogP contribution in [-0.2, 0) is 32.7 Å². The van der Waals surface area contributed by atoms with Crippen molar-refractivity contribution in [2.45, 2.75) is 200 Å². The fraction of sp³-hybridized carbons (Fsp3) is 0.787. The molecule has 0 aromatic heterocycles. The lowest BCUT2D eigenvalue weighted by molar-refractivity contribution is -0.161. The molecule has 2 unspecified atom stereocenters. The fourth-order valence-corrected chi connectivity index (χ4v) is 6.85. The number of phosphoric acid groups is 1. The maximum absolute atomic E-state index is 12.7. The average molecular weight is 824 g/mol. The number of ether oxygens (including phenoxy) is 2. The minimum Gasteiger partial charge on any atom is -0.462 e. The van der Waals surface area contributed by atoms with E-state index in [0.717, 1.165) is 70.6 Å². The van der Waals surface area contributed by atoms with E-state index >= 15 is 0 Å². The van der Waals surface area contributed by atoms with Crippen LogP contribution in [0.5, 0.6) is 0 Å². The van der Waals surface area contributed by atoms with Gasteiger partial charge >= 0.3 is 19.8 Å². The van der Waals surface area contributed by atoms with Gasteiger partial charge in [-0.15, -0.1) is 0 Å². The zero-order chi connectivity index (χ0) is 41.9. The summed E-state index contributed by atoms with van der Waals surface area (Å²) in [4.78, 5) is 37.1. The molecule has 0 amide bonds. The molecule has 0 aliphatic carbocycles. The van der Waals surface area contributed by atoms with Crippen LogP contribution in [0.1, 0.15) is 194 Å². The lowest BCUT2D eigenvalue weighted by atomic mass is 10.1. The van der Waals surface area contributed by atoms with Gasteiger partial charge in [-0.3, -0.25) is 18.6 Å². The third-order valence-corrected chi connectivity index (χ3v) is 10.6. The lowest BCUT2D eigenvalue weighted by Crippen LogP contribution is -2.29. The Morgan fingerprint density at radius 2 is 1.00 bits per heavy atom. The van der Waals surface area contributed by atoms with Crippen LogP contribution in [0.3, 0.4) is 0 Å².